The molecule has 0 aliphatic heterocycles. The number of methoxy groups -OCH3 is 1. The molecular formula is C10H16N2O3. The van der Waals surface area contributed by atoms with Gasteiger partial charge in [-0.25, -0.2) is 0 Å². The van der Waals surface area contributed by atoms with E-state index in [1.807, 2.05) is 0 Å². The third-order valence-corrected chi connectivity index (χ3v) is 2.25. The summed E-state index contributed by atoms with van der Waals surface area (Å²) in [6.07, 6.45) is 5.21. The lowest BCUT2D eigenvalue weighted by Crippen LogP contribution is -2.11. The zero-order chi connectivity index (χ0) is 11.1. The predicted octanol–water partition coefficient (Wildman–Crippen LogP) is 1.86. The zero-order valence-corrected chi connectivity index (χ0v) is 8.91. The summed E-state index contributed by atoms with van der Waals surface area (Å²) >= 11 is 0. The number of carbonyl (C=O) groups is 1. The number of oxime groups is 1. The largest absolute Gasteiger partial charge is 0.469 e. The summed E-state index contributed by atoms with van der Waals surface area (Å²) in [5, 5.41) is 11.2. The number of esters is 1. The predicted molar refractivity (Wildman–Crippen MR) is 56.0 cm³/mol. The highest BCUT2D eigenvalue weighted by Crippen LogP contribution is 2.14. The Balaban J connectivity index is 2.28. The van der Waals surface area contributed by atoms with Crippen LogP contribution in [0.2, 0.25) is 0 Å². The number of nitrogens with zero attached hydrogens (tertiary/aromatic N) is 1. The summed E-state index contributed by atoms with van der Waals surface area (Å²) < 4.78 is 4.40. The first-order chi connectivity index (χ1) is 7.22. The molecule has 0 heterocycles. The molecule has 0 aromatic carbocycles. The Morgan fingerprint density at radius 2 is 2.07 bits per heavy atom. The van der Waals surface area contributed by atoms with Gasteiger partial charge >= 0.3 is 5.97 Å². The van der Waals surface area contributed by atoms with Crippen molar-refractivity contribution < 1.29 is 14.4 Å². The van der Waals surface area contributed by atoms with Crippen molar-refractivity contribution in [3.8, 4) is 0 Å². The second-order valence-corrected chi connectivity index (χ2v) is 3.49. The van der Waals surface area contributed by atoms with Crippen LogP contribution in [-0.4, -0.2) is 24.7 Å². The Kier molecular flexibility index (Phi) is 4.80. The van der Waals surface area contributed by atoms with Gasteiger partial charge in [-0.15, -0.1) is 0 Å². The van der Waals surface area contributed by atoms with E-state index >= 15 is 0 Å². The second-order valence-electron chi connectivity index (χ2n) is 3.49. The minimum atomic E-state index is -0.483. The van der Waals surface area contributed by atoms with E-state index in [9.17, 15) is 4.79 Å². The molecule has 1 aliphatic carbocycles. The molecule has 15 heavy (non-hydrogen) atoms. The van der Waals surface area contributed by atoms with Gasteiger partial charge in [-0.1, -0.05) is 11.6 Å². The van der Waals surface area contributed by atoms with Gasteiger partial charge in [0.15, 0.2) is 0 Å². The quantitative estimate of drug-likeness (QED) is 0.336. The van der Waals surface area contributed by atoms with Gasteiger partial charge in [-0.2, -0.15) is 0 Å². The van der Waals surface area contributed by atoms with Crippen LogP contribution in [0.4, 0.5) is 0 Å². The first-order valence-electron chi connectivity index (χ1n) is 5.09. The molecule has 5 heteroatoms. The van der Waals surface area contributed by atoms with Gasteiger partial charge in [0.2, 0.25) is 5.90 Å². The van der Waals surface area contributed by atoms with Crippen molar-refractivity contribution in [2.45, 2.75) is 38.5 Å². The molecular weight excluding hydrogens is 196 g/mol. The molecule has 0 aromatic rings. The molecule has 0 unspecified atom stereocenters. The molecule has 1 N–H and O–H groups in total. The summed E-state index contributed by atoms with van der Waals surface area (Å²) in [6, 6.07) is 0. The second kappa shape index (κ2) is 6.16. The Hall–Kier alpha value is -1.39. The lowest BCUT2D eigenvalue weighted by Gasteiger charge is -2.11. The van der Waals surface area contributed by atoms with E-state index in [-0.39, 0.29) is 12.3 Å². The van der Waals surface area contributed by atoms with E-state index in [0.29, 0.717) is 0 Å². The van der Waals surface area contributed by atoms with E-state index in [2.05, 4.69) is 9.89 Å². The van der Waals surface area contributed by atoms with Gasteiger partial charge in [0.1, 0.15) is 6.42 Å². The van der Waals surface area contributed by atoms with Crippen molar-refractivity contribution >= 4 is 17.6 Å². The first-order valence-corrected chi connectivity index (χ1v) is 5.09. The lowest BCUT2D eigenvalue weighted by atomic mass is 9.99. The van der Waals surface area contributed by atoms with Gasteiger partial charge in [0.05, 0.1) is 12.8 Å². The number of ether oxygens (including phenoxy) is 1. The molecule has 0 atom stereocenters. The van der Waals surface area contributed by atoms with Crippen molar-refractivity contribution in [2.24, 2.45) is 5.16 Å². The Bertz CT molecular complexity index is 266. The summed E-state index contributed by atoms with van der Waals surface area (Å²) in [6.45, 7) is 0. The fourth-order valence-corrected chi connectivity index (χ4v) is 1.41. The molecule has 1 saturated carbocycles. The van der Waals surface area contributed by atoms with Crippen LogP contribution in [-0.2, 0) is 14.4 Å². The highest BCUT2D eigenvalue weighted by molar-refractivity contribution is 5.93. The monoisotopic (exact) mass is 212 g/mol. The summed E-state index contributed by atoms with van der Waals surface area (Å²) in [5.41, 5.74) is 0.982. The Morgan fingerprint density at radius 3 is 2.67 bits per heavy atom. The molecule has 1 aliphatic rings. The number of hydrogen-bond donors (Lipinski definition) is 1. The van der Waals surface area contributed by atoms with Gasteiger partial charge < -0.3 is 9.57 Å². The molecule has 1 fully saturated rings. The van der Waals surface area contributed by atoms with E-state index in [4.69, 9.17) is 10.2 Å². The lowest BCUT2D eigenvalue weighted by molar-refractivity contribution is -0.139. The molecule has 0 amide bonds. The van der Waals surface area contributed by atoms with E-state index in [0.717, 1.165) is 31.4 Å². The minimum Gasteiger partial charge on any atom is -0.469 e. The molecule has 0 radical (unpaired) electrons. The van der Waals surface area contributed by atoms with E-state index in [1.54, 1.807) is 0 Å². The average Bonchev–Trinajstić information content (AvgIpc) is 2.27. The molecule has 0 saturated heterocycles. The first kappa shape index (κ1) is 11.7. The van der Waals surface area contributed by atoms with Crippen molar-refractivity contribution in [1.82, 2.24) is 0 Å². The maximum atomic E-state index is 10.8. The van der Waals surface area contributed by atoms with Gasteiger partial charge in [-0.05, 0) is 25.7 Å². The molecule has 0 aromatic heterocycles. The third-order valence-electron chi connectivity index (χ3n) is 2.25. The number of hydrogen-bond acceptors (Lipinski definition) is 5. The Morgan fingerprint density at radius 1 is 1.40 bits per heavy atom. The fraction of sp³-hybridized carbons (Fsp3) is 0.700. The number of rotatable bonds is 3. The molecule has 5 nitrogen and oxygen atoms in total. The fourth-order valence-electron chi connectivity index (χ4n) is 1.41. The van der Waals surface area contributed by atoms with Crippen molar-refractivity contribution in [1.29, 1.82) is 5.41 Å². The molecule has 0 bridgehead atoms. The maximum absolute atomic E-state index is 10.8. The Labute approximate surface area is 88.9 Å². The summed E-state index contributed by atoms with van der Waals surface area (Å²) in [5.74, 6) is -0.649. The van der Waals surface area contributed by atoms with Crippen molar-refractivity contribution in [2.75, 3.05) is 7.11 Å². The van der Waals surface area contributed by atoms with Gasteiger partial charge in [-0.3, -0.25) is 10.2 Å². The number of carbonyl (C=O) groups excluding carboxylic acids is 1. The highest BCUT2D eigenvalue weighted by Gasteiger charge is 2.10. The summed E-state index contributed by atoms with van der Waals surface area (Å²) in [4.78, 5) is 15.6. The van der Waals surface area contributed by atoms with Crippen LogP contribution in [0.25, 0.3) is 0 Å². The number of nitrogens with one attached hydrogen (secondary N) is 1. The van der Waals surface area contributed by atoms with E-state index in [1.165, 1.54) is 13.5 Å². The minimum absolute atomic E-state index is 0.159. The SMILES string of the molecule is COC(=O)CC(=N)ON=C1CCCCC1. The molecule has 1 rings (SSSR count). The van der Waals surface area contributed by atoms with E-state index < -0.39 is 5.97 Å². The normalized spacial score (nSPS) is 15.7. The standard InChI is InChI=1S/C10H16N2O3/c1-14-10(13)7-9(11)15-12-8-5-3-2-4-6-8/h11H,2-7H2,1H3. The van der Waals surface area contributed by atoms with Crippen molar-refractivity contribution in [3.05, 3.63) is 0 Å². The average molecular weight is 212 g/mol. The van der Waals surface area contributed by atoms with Crippen LogP contribution in [0, 0.1) is 5.41 Å². The van der Waals surface area contributed by atoms with Crippen LogP contribution < -0.4 is 0 Å². The van der Waals surface area contributed by atoms with Crippen LogP contribution in [0.3, 0.4) is 0 Å². The van der Waals surface area contributed by atoms with Crippen LogP contribution >= 0.6 is 0 Å². The van der Waals surface area contributed by atoms with Crippen molar-refractivity contribution in [3.63, 3.8) is 0 Å². The van der Waals surface area contributed by atoms with Gasteiger partial charge in [0, 0.05) is 0 Å². The zero-order valence-electron chi connectivity index (χ0n) is 8.91. The topological polar surface area (TPSA) is 71.7 Å². The van der Waals surface area contributed by atoms with Crippen LogP contribution in [0.1, 0.15) is 38.5 Å². The van der Waals surface area contributed by atoms with Crippen LogP contribution in [0.5, 0.6) is 0 Å². The maximum Gasteiger partial charge on any atom is 0.315 e. The van der Waals surface area contributed by atoms with Gasteiger partial charge in [0.25, 0.3) is 0 Å². The summed E-state index contributed by atoms with van der Waals surface area (Å²) in [7, 11) is 1.28. The molecule has 84 valence electrons. The third kappa shape index (κ3) is 4.58. The molecule has 0 spiro atoms. The highest BCUT2D eigenvalue weighted by atomic mass is 16.6. The van der Waals surface area contributed by atoms with Crippen LogP contribution in [0.15, 0.2) is 5.16 Å². The smallest absolute Gasteiger partial charge is 0.315 e.